The molecule has 0 bridgehead atoms. The standard InChI is InChI=1S/C15H13FN/c16-14-8-4-3-7-13(14)15-12-6-2-1-5-11(12)9-10-17-15/h1-6,8,15,17H,9-10H2. The summed E-state index contributed by atoms with van der Waals surface area (Å²) in [5.41, 5.74) is 3.08. The molecule has 0 spiro atoms. The van der Waals surface area contributed by atoms with Crippen LogP contribution in [0.2, 0.25) is 0 Å². The number of nitrogens with one attached hydrogen (secondary N) is 1. The molecule has 0 aliphatic carbocycles. The van der Waals surface area contributed by atoms with Gasteiger partial charge in [-0.1, -0.05) is 36.4 Å². The van der Waals surface area contributed by atoms with Crippen molar-refractivity contribution in [3.8, 4) is 0 Å². The molecule has 2 aromatic carbocycles. The second kappa shape index (κ2) is 4.30. The zero-order valence-corrected chi connectivity index (χ0v) is 9.41. The first-order valence-corrected chi connectivity index (χ1v) is 5.83. The Bertz CT molecular complexity index is 536. The Morgan fingerprint density at radius 2 is 2.06 bits per heavy atom. The highest BCUT2D eigenvalue weighted by Gasteiger charge is 2.22. The largest absolute Gasteiger partial charge is 0.306 e. The Labute approximate surface area is 100 Å². The first-order valence-electron chi connectivity index (χ1n) is 5.83. The predicted molar refractivity (Wildman–Crippen MR) is 65.2 cm³/mol. The minimum atomic E-state index is -0.193. The highest BCUT2D eigenvalue weighted by atomic mass is 19.1. The fourth-order valence-corrected chi connectivity index (χ4v) is 2.41. The van der Waals surface area contributed by atoms with Crippen molar-refractivity contribution in [1.82, 2.24) is 5.32 Å². The molecule has 0 aromatic heterocycles. The van der Waals surface area contributed by atoms with Gasteiger partial charge in [0.05, 0.1) is 6.04 Å². The van der Waals surface area contributed by atoms with Gasteiger partial charge < -0.3 is 5.32 Å². The van der Waals surface area contributed by atoms with E-state index < -0.39 is 0 Å². The topological polar surface area (TPSA) is 12.0 Å². The highest BCUT2D eigenvalue weighted by molar-refractivity contribution is 5.39. The molecular formula is C15H13FN. The van der Waals surface area contributed by atoms with Crippen LogP contribution < -0.4 is 5.32 Å². The van der Waals surface area contributed by atoms with Crippen molar-refractivity contribution in [2.24, 2.45) is 0 Å². The van der Waals surface area contributed by atoms with Crippen LogP contribution >= 0.6 is 0 Å². The molecule has 0 saturated heterocycles. The van der Waals surface area contributed by atoms with E-state index >= 15 is 0 Å². The molecule has 0 fully saturated rings. The Hall–Kier alpha value is -1.67. The third kappa shape index (κ3) is 1.85. The Morgan fingerprint density at radius 3 is 2.94 bits per heavy atom. The molecule has 1 N–H and O–H groups in total. The van der Waals surface area contributed by atoms with Gasteiger partial charge in [0.15, 0.2) is 0 Å². The van der Waals surface area contributed by atoms with E-state index in [-0.39, 0.29) is 11.9 Å². The monoisotopic (exact) mass is 226 g/mol. The van der Waals surface area contributed by atoms with E-state index in [0.717, 1.165) is 13.0 Å². The van der Waals surface area contributed by atoms with E-state index in [0.29, 0.717) is 5.56 Å². The number of hydrogen-bond acceptors (Lipinski definition) is 1. The van der Waals surface area contributed by atoms with Crippen LogP contribution in [0.3, 0.4) is 0 Å². The summed E-state index contributed by atoms with van der Waals surface area (Å²) in [6.45, 7) is 0.879. The molecule has 85 valence electrons. The van der Waals surface area contributed by atoms with Gasteiger partial charge in [-0.05, 0) is 29.7 Å². The van der Waals surface area contributed by atoms with Gasteiger partial charge in [-0.2, -0.15) is 0 Å². The Morgan fingerprint density at radius 1 is 1.18 bits per heavy atom. The highest BCUT2D eigenvalue weighted by Crippen LogP contribution is 2.29. The second-order valence-corrected chi connectivity index (χ2v) is 4.27. The molecule has 1 unspecified atom stereocenters. The minimum absolute atomic E-state index is 0.0684. The van der Waals surface area contributed by atoms with Gasteiger partial charge in [0.25, 0.3) is 0 Å². The molecule has 0 amide bonds. The molecule has 3 rings (SSSR count). The Kier molecular flexibility index (Phi) is 2.65. The maximum atomic E-state index is 13.8. The van der Waals surface area contributed by atoms with Gasteiger partial charge in [-0.15, -0.1) is 0 Å². The van der Waals surface area contributed by atoms with Crippen molar-refractivity contribution in [2.45, 2.75) is 12.5 Å². The van der Waals surface area contributed by atoms with Gasteiger partial charge in [0.1, 0.15) is 5.82 Å². The van der Waals surface area contributed by atoms with Gasteiger partial charge in [-0.25, -0.2) is 4.39 Å². The van der Waals surface area contributed by atoms with E-state index in [1.54, 1.807) is 12.1 Å². The molecule has 1 nitrogen and oxygen atoms in total. The van der Waals surface area contributed by atoms with E-state index in [1.165, 1.54) is 17.2 Å². The van der Waals surface area contributed by atoms with Crippen LogP contribution in [0, 0.1) is 11.9 Å². The van der Waals surface area contributed by atoms with Crippen LogP contribution in [0.5, 0.6) is 0 Å². The molecule has 1 heterocycles. The molecular weight excluding hydrogens is 213 g/mol. The Balaban J connectivity index is 2.09. The average molecular weight is 226 g/mol. The molecule has 1 radical (unpaired) electrons. The summed E-state index contributed by atoms with van der Waals surface area (Å²) in [6.07, 6.45) is 1.00. The number of benzene rings is 2. The quantitative estimate of drug-likeness (QED) is 0.788. The van der Waals surface area contributed by atoms with Crippen molar-refractivity contribution in [1.29, 1.82) is 0 Å². The first kappa shape index (κ1) is 10.5. The zero-order chi connectivity index (χ0) is 11.7. The third-order valence-corrected chi connectivity index (χ3v) is 3.23. The van der Waals surface area contributed by atoms with Crippen molar-refractivity contribution in [3.05, 3.63) is 71.0 Å². The predicted octanol–water partition coefficient (Wildman–Crippen LogP) is 2.86. The molecule has 0 saturated carbocycles. The summed E-state index contributed by atoms with van der Waals surface area (Å²) in [5.74, 6) is -0.193. The van der Waals surface area contributed by atoms with Crippen molar-refractivity contribution >= 4 is 0 Å². The van der Waals surface area contributed by atoms with E-state index in [9.17, 15) is 4.39 Å². The maximum absolute atomic E-state index is 13.8. The van der Waals surface area contributed by atoms with Crippen molar-refractivity contribution in [2.75, 3.05) is 6.54 Å². The number of rotatable bonds is 1. The fourth-order valence-electron chi connectivity index (χ4n) is 2.41. The van der Waals surface area contributed by atoms with E-state index in [2.05, 4.69) is 23.5 Å². The normalized spacial score (nSPS) is 18.8. The van der Waals surface area contributed by atoms with Crippen LogP contribution in [-0.2, 0) is 6.42 Å². The zero-order valence-electron chi connectivity index (χ0n) is 9.41. The number of hydrogen-bond donors (Lipinski definition) is 1. The third-order valence-electron chi connectivity index (χ3n) is 3.23. The van der Waals surface area contributed by atoms with Crippen molar-refractivity contribution < 1.29 is 4.39 Å². The van der Waals surface area contributed by atoms with Crippen LogP contribution in [0.25, 0.3) is 0 Å². The lowest BCUT2D eigenvalue weighted by atomic mass is 9.90. The van der Waals surface area contributed by atoms with E-state index in [1.807, 2.05) is 12.1 Å². The fraction of sp³-hybridized carbons (Fsp3) is 0.200. The SMILES string of the molecule is Fc1ccc[c]c1C1NCCc2ccccc21. The molecule has 17 heavy (non-hydrogen) atoms. The van der Waals surface area contributed by atoms with Crippen molar-refractivity contribution in [3.63, 3.8) is 0 Å². The second-order valence-electron chi connectivity index (χ2n) is 4.27. The molecule has 1 aliphatic rings. The van der Waals surface area contributed by atoms with Crippen LogP contribution in [0.1, 0.15) is 22.7 Å². The summed E-state index contributed by atoms with van der Waals surface area (Å²) < 4.78 is 13.8. The van der Waals surface area contributed by atoms with Gasteiger partial charge in [0, 0.05) is 12.1 Å². The lowest BCUT2D eigenvalue weighted by molar-refractivity contribution is 0.527. The van der Waals surface area contributed by atoms with E-state index in [4.69, 9.17) is 0 Å². The molecule has 2 aromatic rings. The number of fused-ring (bicyclic) bond motifs is 1. The molecule has 1 aliphatic heterocycles. The molecule has 2 heteroatoms. The summed E-state index contributed by atoms with van der Waals surface area (Å²) in [6, 6.07) is 16.1. The smallest absolute Gasteiger partial charge is 0.128 e. The van der Waals surface area contributed by atoms with Gasteiger partial charge in [-0.3, -0.25) is 0 Å². The summed E-state index contributed by atoms with van der Waals surface area (Å²) in [7, 11) is 0. The lowest BCUT2D eigenvalue weighted by Crippen LogP contribution is -2.31. The minimum Gasteiger partial charge on any atom is -0.306 e. The average Bonchev–Trinajstić information content (AvgIpc) is 2.39. The van der Waals surface area contributed by atoms with Crippen LogP contribution in [0.15, 0.2) is 42.5 Å². The summed E-state index contributed by atoms with van der Waals surface area (Å²) in [5, 5.41) is 3.36. The maximum Gasteiger partial charge on any atom is 0.128 e. The van der Waals surface area contributed by atoms with Gasteiger partial charge in [0.2, 0.25) is 0 Å². The molecule has 1 atom stereocenters. The lowest BCUT2D eigenvalue weighted by Gasteiger charge is -2.27. The van der Waals surface area contributed by atoms with Crippen LogP contribution in [0.4, 0.5) is 4.39 Å². The first-order chi connectivity index (χ1) is 8.36. The number of halogens is 1. The van der Waals surface area contributed by atoms with Gasteiger partial charge >= 0.3 is 0 Å². The van der Waals surface area contributed by atoms with Crippen LogP contribution in [-0.4, -0.2) is 6.54 Å². The summed E-state index contributed by atoms with van der Waals surface area (Å²) >= 11 is 0. The summed E-state index contributed by atoms with van der Waals surface area (Å²) in [4.78, 5) is 0.